The first kappa shape index (κ1) is 21.7. The number of aliphatic hydroxyl groups is 1. The summed E-state index contributed by atoms with van der Waals surface area (Å²) in [5.41, 5.74) is 2.49. The van der Waals surface area contributed by atoms with Crippen LogP contribution in [0.15, 0.2) is 29.6 Å². The lowest BCUT2D eigenvalue weighted by Gasteiger charge is -2.35. The molecule has 0 radical (unpaired) electrons. The van der Waals surface area contributed by atoms with Crippen LogP contribution in [0.25, 0.3) is 27.2 Å². The van der Waals surface area contributed by atoms with Crippen molar-refractivity contribution in [1.29, 1.82) is 0 Å². The molecule has 0 unspecified atom stereocenters. The minimum atomic E-state index is -0.959. The highest BCUT2D eigenvalue weighted by molar-refractivity contribution is 7.18. The topological polar surface area (TPSA) is 97.6 Å². The maximum atomic E-state index is 11.6. The van der Waals surface area contributed by atoms with Gasteiger partial charge in [0, 0.05) is 45.2 Å². The van der Waals surface area contributed by atoms with Crippen molar-refractivity contribution in [3.8, 4) is 5.95 Å². The van der Waals surface area contributed by atoms with Gasteiger partial charge < -0.3 is 24.8 Å². The second-order valence-corrected chi connectivity index (χ2v) is 9.82. The molecule has 1 aromatic carbocycles. The van der Waals surface area contributed by atoms with Gasteiger partial charge in [0.1, 0.15) is 0 Å². The van der Waals surface area contributed by atoms with Gasteiger partial charge in [0.05, 0.1) is 46.1 Å². The second-order valence-electron chi connectivity index (χ2n) is 8.95. The van der Waals surface area contributed by atoms with Crippen molar-refractivity contribution in [1.82, 2.24) is 19.5 Å². The monoisotopic (exact) mass is 480 g/mol. The summed E-state index contributed by atoms with van der Waals surface area (Å²) >= 11 is 1.60. The number of fused-ring (bicyclic) bond motifs is 2. The SMILES string of the molecule is CNc1nc2ccccc2n1-c1nc(N2CCOC[C@H]2C)c2scc(C3(O)CCOCC3)c2n1. The van der Waals surface area contributed by atoms with E-state index in [1.54, 1.807) is 11.3 Å². The number of benzene rings is 1. The number of para-hydroxylation sites is 2. The Morgan fingerprint density at radius 1 is 1.12 bits per heavy atom. The Morgan fingerprint density at radius 2 is 1.94 bits per heavy atom. The number of ether oxygens (including phenoxy) is 2. The zero-order valence-electron chi connectivity index (χ0n) is 19.3. The predicted molar refractivity (Wildman–Crippen MR) is 133 cm³/mol. The van der Waals surface area contributed by atoms with E-state index in [-0.39, 0.29) is 6.04 Å². The van der Waals surface area contributed by atoms with E-state index >= 15 is 0 Å². The van der Waals surface area contributed by atoms with Crippen molar-refractivity contribution in [2.24, 2.45) is 0 Å². The molecule has 0 spiro atoms. The fourth-order valence-electron chi connectivity index (χ4n) is 4.93. The standard InChI is InChI=1S/C24H28N6O3S/c1-15-13-33-12-9-29(15)21-20-19(16(14-34-20)24(31)7-10-32-11-8-24)27-23(28-21)30-18-6-4-3-5-17(18)26-22(30)25-2/h3-6,14-15,31H,7-13H2,1-2H3,(H,25,26)/t15-/m1/s1. The third-order valence-electron chi connectivity index (χ3n) is 6.83. The Morgan fingerprint density at radius 3 is 2.74 bits per heavy atom. The number of hydrogen-bond acceptors (Lipinski definition) is 9. The number of rotatable bonds is 4. The van der Waals surface area contributed by atoms with Gasteiger partial charge in [-0.2, -0.15) is 4.98 Å². The number of anilines is 2. The van der Waals surface area contributed by atoms with E-state index in [0.29, 0.717) is 51.2 Å². The molecule has 4 aromatic rings. The largest absolute Gasteiger partial charge is 0.385 e. The van der Waals surface area contributed by atoms with Gasteiger partial charge in [0.15, 0.2) is 5.82 Å². The van der Waals surface area contributed by atoms with Gasteiger partial charge in [-0.3, -0.25) is 0 Å². The van der Waals surface area contributed by atoms with E-state index < -0.39 is 5.60 Å². The maximum Gasteiger partial charge on any atom is 0.239 e. The fourth-order valence-corrected chi connectivity index (χ4v) is 6.04. The van der Waals surface area contributed by atoms with Gasteiger partial charge in [0.25, 0.3) is 0 Å². The van der Waals surface area contributed by atoms with E-state index in [1.807, 2.05) is 41.3 Å². The van der Waals surface area contributed by atoms with E-state index in [9.17, 15) is 5.11 Å². The number of imidazole rings is 1. The summed E-state index contributed by atoms with van der Waals surface area (Å²) in [4.78, 5) is 17.2. The molecule has 10 heteroatoms. The summed E-state index contributed by atoms with van der Waals surface area (Å²) in [6.07, 6.45) is 1.11. The van der Waals surface area contributed by atoms with E-state index in [4.69, 9.17) is 24.4 Å². The number of nitrogens with one attached hydrogen (secondary N) is 1. The number of morpholine rings is 1. The van der Waals surface area contributed by atoms with Crippen molar-refractivity contribution in [3.63, 3.8) is 0 Å². The van der Waals surface area contributed by atoms with E-state index in [2.05, 4.69) is 17.1 Å². The highest BCUT2D eigenvalue weighted by Crippen LogP contribution is 2.42. The van der Waals surface area contributed by atoms with E-state index in [1.165, 1.54) is 0 Å². The first-order chi connectivity index (χ1) is 16.6. The lowest BCUT2D eigenvalue weighted by atomic mass is 9.87. The molecule has 2 fully saturated rings. The first-order valence-electron chi connectivity index (χ1n) is 11.7. The van der Waals surface area contributed by atoms with Crippen LogP contribution in [-0.4, -0.2) is 70.7 Å². The predicted octanol–water partition coefficient (Wildman–Crippen LogP) is 3.30. The van der Waals surface area contributed by atoms with Crippen LogP contribution in [0.1, 0.15) is 25.3 Å². The Balaban J connectivity index is 1.62. The molecule has 5 heterocycles. The number of nitrogens with zero attached hydrogens (tertiary/aromatic N) is 5. The Labute approximate surface area is 201 Å². The number of thiophene rings is 1. The van der Waals surface area contributed by atoms with Crippen LogP contribution in [0, 0.1) is 0 Å². The van der Waals surface area contributed by atoms with Crippen molar-refractivity contribution < 1.29 is 14.6 Å². The smallest absolute Gasteiger partial charge is 0.239 e. The van der Waals surface area contributed by atoms with Gasteiger partial charge in [0.2, 0.25) is 11.9 Å². The van der Waals surface area contributed by atoms with Crippen LogP contribution >= 0.6 is 11.3 Å². The molecule has 2 aliphatic heterocycles. The lowest BCUT2D eigenvalue weighted by Crippen LogP contribution is -2.44. The molecule has 6 rings (SSSR count). The Bertz CT molecular complexity index is 1350. The molecule has 0 saturated carbocycles. The van der Waals surface area contributed by atoms with Crippen LogP contribution < -0.4 is 10.2 Å². The molecule has 0 bridgehead atoms. The zero-order valence-corrected chi connectivity index (χ0v) is 20.1. The number of hydrogen-bond donors (Lipinski definition) is 2. The Hall–Kier alpha value is -2.79. The van der Waals surface area contributed by atoms with Crippen molar-refractivity contribution in [2.45, 2.75) is 31.4 Å². The van der Waals surface area contributed by atoms with Crippen LogP contribution in [0.5, 0.6) is 0 Å². The molecule has 178 valence electrons. The maximum absolute atomic E-state index is 11.6. The molecule has 0 aliphatic carbocycles. The molecule has 34 heavy (non-hydrogen) atoms. The molecule has 2 N–H and O–H groups in total. The molecule has 2 aliphatic rings. The van der Waals surface area contributed by atoms with E-state index in [0.717, 1.165) is 39.2 Å². The molecule has 3 aromatic heterocycles. The number of aromatic nitrogens is 4. The third-order valence-corrected chi connectivity index (χ3v) is 7.80. The molecule has 1 atom stereocenters. The van der Waals surface area contributed by atoms with Crippen LogP contribution in [0.2, 0.25) is 0 Å². The summed E-state index contributed by atoms with van der Waals surface area (Å²) in [7, 11) is 1.85. The lowest BCUT2D eigenvalue weighted by molar-refractivity contribution is -0.0668. The Kier molecular flexibility index (Phi) is 5.40. The van der Waals surface area contributed by atoms with Crippen LogP contribution in [0.3, 0.4) is 0 Å². The quantitative estimate of drug-likeness (QED) is 0.459. The van der Waals surface area contributed by atoms with Crippen molar-refractivity contribution in [3.05, 3.63) is 35.2 Å². The summed E-state index contributed by atoms with van der Waals surface area (Å²) in [6.45, 7) is 5.28. The van der Waals surface area contributed by atoms with Crippen LogP contribution in [0.4, 0.5) is 11.8 Å². The fraction of sp³-hybridized carbons (Fsp3) is 0.458. The van der Waals surface area contributed by atoms with Gasteiger partial charge in [-0.25, -0.2) is 14.5 Å². The summed E-state index contributed by atoms with van der Waals surface area (Å²) in [6, 6.07) is 8.15. The van der Waals surface area contributed by atoms with Gasteiger partial charge in [-0.05, 0) is 24.4 Å². The minimum absolute atomic E-state index is 0.180. The average molecular weight is 481 g/mol. The second kappa shape index (κ2) is 8.46. The molecule has 9 nitrogen and oxygen atoms in total. The highest BCUT2D eigenvalue weighted by atomic mass is 32.1. The summed E-state index contributed by atoms with van der Waals surface area (Å²) in [5.74, 6) is 2.08. The summed E-state index contributed by atoms with van der Waals surface area (Å²) < 4.78 is 14.2. The van der Waals surface area contributed by atoms with Crippen molar-refractivity contribution >= 4 is 44.4 Å². The van der Waals surface area contributed by atoms with Crippen LogP contribution in [-0.2, 0) is 15.1 Å². The van der Waals surface area contributed by atoms with Crippen molar-refractivity contribution in [2.75, 3.05) is 50.2 Å². The average Bonchev–Trinajstić information content (AvgIpc) is 3.46. The molecular weight excluding hydrogens is 452 g/mol. The van der Waals surface area contributed by atoms with Gasteiger partial charge in [-0.1, -0.05) is 12.1 Å². The van der Waals surface area contributed by atoms with Gasteiger partial charge >= 0.3 is 0 Å². The summed E-state index contributed by atoms with van der Waals surface area (Å²) in [5, 5.41) is 16.8. The highest BCUT2D eigenvalue weighted by Gasteiger charge is 2.36. The molecule has 2 saturated heterocycles. The third kappa shape index (κ3) is 3.44. The molecule has 0 amide bonds. The molecular formula is C24H28N6O3S. The zero-order chi connectivity index (χ0) is 23.3. The first-order valence-corrected chi connectivity index (χ1v) is 12.6. The minimum Gasteiger partial charge on any atom is -0.385 e. The normalized spacial score (nSPS) is 20.8. The van der Waals surface area contributed by atoms with Gasteiger partial charge in [-0.15, -0.1) is 11.3 Å².